The lowest BCUT2D eigenvalue weighted by molar-refractivity contribution is 0.414. The third-order valence-corrected chi connectivity index (χ3v) is 2.65. The molecule has 1 heterocycles. The summed E-state index contributed by atoms with van der Waals surface area (Å²) in [6.07, 6.45) is 1.86. The van der Waals surface area contributed by atoms with Crippen molar-refractivity contribution in [1.29, 1.82) is 0 Å². The molecule has 1 aromatic carbocycles. The molecule has 1 aromatic heterocycles. The van der Waals surface area contributed by atoms with Crippen LogP contribution < -0.4 is 10.5 Å². The first-order valence-corrected chi connectivity index (χ1v) is 5.15. The number of benzene rings is 1. The lowest BCUT2D eigenvalue weighted by atomic mass is 10.3. The smallest absolute Gasteiger partial charge is 0.148 e. The van der Waals surface area contributed by atoms with Crippen molar-refractivity contribution >= 4 is 17.4 Å². The summed E-state index contributed by atoms with van der Waals surface area (Å²) in [6, 6.07) is 5.44. The van der Waals surface area contributed by atoms with E-state index in [9.17, 15) is 0 Å². The first kappa shape index (κ1) is 10.8. The zero-order chi connectivity index (χ0) is 11.7. The predicted molar refractivity (Wildman–Crippen MR) is 64.3 cm³/mol. The van der Waals surface area contributed by atoms with E-state index < -0.39 is 0 Å². The molecule has 0 saturated carbocycles. The third kappa shape index (κ3) is 1.84. The maximum Gasteiger partial charge on any atom is 0.148 e. The number of aryl methyl sites for hydroxylation is 1. The van der Waals surface area contributed by atoms with Crippen LogP contribution in [0.4, 0.5) is 5.82 Å². The van der Waals surface area contributed by atoms with Crippen LogP contribution >= 0.6 is 11.6 Å². The largest absolute Gasteiger partial charge is 0.495 e. The second-order valence-corrected chi connectivity index (χ2v) is 3.87. The molecule has 2 aromatic rings. The molecule has 0 bridgehead atoms. The molecule has 0 unspecified atom stereocenters. The Kier molecular flexibility index (Phi) is 2.75. The Morgan fingerprint density at radius 3 is 2.75 bits per heavy atom. The molecular weight excluding hydrogens is 226 g/mol. The number of hydrogen-bond donors (Lipinski definition) is 1. The number of ether oxygens (including phenoxy) is 1. The van der Waals surface area contributed by atoms with E-state index in [1.165, 1.54) is 0 Å². The molecule has 2 rings (SSSR count). The zero-order valence-corrected chi connectivity index (χ0v) is 9.82. The van der Waals surface area contributed by atoms with Crippen molar-refractivity contribution in [3.05, 3.63) is 35.0 Å². The highest BCUT2D eigenvalue weighted by molar-refractivity contribution is 6.32. The summed E-state index contributed by atoms with van der Waals surface area (Å²) in [5, 5.41) is 4.75. The normalized spacial score (nSPS) is 10.4. The second kappa shape index (κ2) is 4.06. The van der Waals surface area contributed by atoms with Gasteiger partial charge in [0, 0.05) is 17.8 Å². The van der Waals surface area contributed by atoms with Gasteiger partial charge in [0.05, 0.1) is 17.8 Å². The first-order chi connectivity index (χ1) is 7.61. The van der Waals surface area contributed by atoms with Gasteiger partial charge in [0.1, 0.15) is 11.6 Å². The Balaban J connectivity index is 2.48. The van der Waals surface area contributed by atoms with Gasteiger partial charge in [0.15, 0.2) is 0 Å². The Hall–Kier alpha value is -1.68. The van der Waals surface area contributed by atoms with E-state index in [1.807, 2.05) is 25.3 Å². The molecule has 0 spiro atoms. The molecule has 0 aliphatic heterocycles. The van der Waals surface area contributed by atoms with Crippen LogP contribution in [0, 0.1) is 6.92 Å². The minimum atomic E-state index is 0.522. The van der Waals surface area contributed by atoms with Crippen LogP contribution in [0.3, 0.4) is 0 Å². The molecule has 0 aliphatic carbocycles. The SMILES string of the molecule is COc1cc(-n2cc(C)c(N)n2)ccc1Cl. The van der Waals surface area contributed by atoms with E-state index >= 15 is 0 Å². The first-order valence-electron chi connectivity index (χ1n) is 4.77. The predicted octanol–water partition coefficient (Wildman–Crippen LogP) is 2.42. The van der Waals surface area contributed by atoms with Gasteiger partial charge in [0.25, 0.3) is 0 Å². The summed E-state index contributed by atoms with van der Waals surface area (Å²) in [4.78, 5) is 0. The third-order valence-electron chi connectivity index (χ3n) is 2.33. The molecule has 84 valence electrons. The van der Waals surface area contributed by atoms with Crippen LogP contribution in [0.5, 0.6) is 5.75 Å². The van der Waals surface area contributed by atoms with E-state index in [1.54, 1.807) is 17.9 Å². The average Bonchev–Trinajstić information content (AvgIpc) is 2.60. The number of nitrogens with two attached hydrogens (primary N) is 1. The lowest BCUT2D eigenvalue weighted by Crippen LogP contribution is -1.97. The number of nitrogen functional groups attached to an aromatic ring is 1. The van der Waals surface area contributed by atoms with Crippen LogP contribution in [-0.4, -0.2) is 16.9 Å². The molecule has 4 nitrogen and oxygen atoms in total. The van der Waals surface area contributed by atoms with Gasteiger partial charge in [0.2, 0.25) is 0 Å². The highest BCUT2D eigenvalue weighted by Gasteiger charge is 2.06. The molecule has 0 atom stereocenters. The molecular formula is C11H12ClN3O. The number of halogens is 1. The maximum atomic E-state index is 5.94. The van der Waals surface area contributed by atoms with Crippen molar-refractivity contribution < 1.29 is 4.74 Å². The van der Waals surface area contributed by atoms with Crippen molar-refractivity contribution in [3.8, 4) is 11.4 Å². The van der Waals surface area contributed by atoms with Gasteiger partial charge < -0.3 is 10.5 Å². The molecule has 0 amide bonds. The van der Waals surface area contributed by atoms with Gasteiger partial charge in [-0.1, -0.05) is 11.6 Å². The summed E-state index contributed by atoms with van der Waals surface area (Å²) in [7, 11) is 1.58. The second-order valence-electron chi connectivity index (χ2n) is 3.46. The molecule has 0 radical (unpaired) electrons. The van der Waals surface area contributed by atoms with Gasteiger partial charge in [-0.05, 0) is 19.1 Å². The molecule has 16 heavy (non-hydrogen) atoms. The number of nitrogens with zero attached hydrogens (tertiary/aromatic N) is 2. The van der Waals surface area contributed by atoms with Crippen LogP contribution in [0.15, 0.2) is 24.4 Å². The van der Waals surface area contributed by atoms with E-state index in [4.69, 9.17) is 22.1 Å². The monoisotopic (exact) mass is 237 g/mol. The average molecular weight is 238 g/mol. The van der Waals surface area contributed by atoms with Gasteiger partial charge in [-0.15, -0.1) is 0 Å². The topological polar surface area (TPSA) is 53.1 Å². The molecule has 2 N–H and O–H groups in total. The quantitative estimate of drug-likeness (QED) is 0.873. The Morgan fingerprint density at radius 1 is 1.44 bits per heavy atom. The van der Waals surface area contributed by atoms with E-state index in [2.05, 4.69) is 5.10 Å². The van der Waals surface area contributed by atoms with Crippen molar-refractivity contribution in [1.82, 2.24) is 9.78 Å². The highest BCUT2D eigenvalue weighted by atomic mass is 35.5. The highest BCUT2D eigenvalue weighted by Crippen LogP contribution is 2.26. The summed E-state index contributed by atoms with van der Waals surface area (Å²) < 4.78 is 6.84. The Bertz CT molecular complexity index is 502. The van der Waals surface area contributed by atoms with Gasteiger partial charge in [-0.3, -0.25) is 0 Å². The fraction of sp³-hybridized carbons (Fsp3) is 0.182. The van der Waals surface area contributed by atoms with Crippen molar-refractivity contribution in [2.24, 2.45) is 0 Å². The van der Waals surface area contributed by atoms with E-state index in [-0.39, 0.29) is 0 Å². The molecule has 0 saturated heterocycles. The minimum absolute atomic E-state index is 0.522. The molecule has 0 fully saturated rings. The van der Waals surface area contributed by atoms with Crippen LogP contribution in [0.1, 0.15) is 5.56 Å². The van der Waals surface area contributed by atoms with E-state index in [0.717, 1.165) is 11.3 Å². The standard InChI is InChI=1S/C11H12ClN3O/c1-7-6-15(14-11(7)13)8-3-4-9(12)10(5-8)16-2/h3-6H,1-2H3,(H2,13,14). The van der Waals surface area contributed by atoms with Gasteiger partial charge >= 0.3 is 0 Å². The Morgan fingerprint density at radius 2 is 2.19 bits per heavy atom. The van der Waals surface area contributed by atoms with Crippen LogP contribution in [-0.2, 0) is 0 Å². The molecule has 0 aliphatic rings. The fourth-order valence-electron chi connectivity index (χ4n) is 1.40. The van der Waals surface area contributed by atoms with Crippen molar-refractivity contribution in [2.45, 2.75) is 6.92 Å². The fourth-order valence-corrected chi connectivity index (χ4v) is 1.59. The van der Waals surface area contributed by atoms with Gasteiger partial charge in [-0.25, -0.2) is 4.68 Å². The minimum Gasteiger partial charge on any atom is -0.495 e. The number of rotatable bonds is 2. The van der Waals surface area contributed by atoms with Crippen molar-refractivity contribution in [2.75, 3.05) is 12.8 Å². The maximum absolute atomic E-state index is 5.94. The van der Waals surface area contributed by atoms with E-state index in [0.29, 0.717) is 16.6 Å². The Labute approximate surface area is 98.6 Å². The number of hydrogen-bond acceptors (Lipinski definition) is 3. The number of aromatic nitrogens is 2. The molecule has 5 heteroatoms. The number of anilines is 1. The number of methoxy groups -OCH3 is 1. The van der Waals surface area contributed by atoms with Crippen LogP contribution in [0.25, 0.3) is 5.69 Å². The van der Waals surface area contributed by atoms with Crippen molar-refractivity contribution in [3.63, 3.8) is 0 Å². The summed E-state index contributed by atoms with van der Waals surface area (Å²) >= 11 is 5.94. The zero-order valence-electron chi connectivity index (χ0n) is 9.07. The lowest BCUT2D eigenvalue weighted by Gasteiger charge is -2.06. The van der Waals surface area contributed by atoms with Gasteiger partial charge in [-0.2, -0.15) is 5.10 Å². The summed E-state index contributed by atoms with van der Waals surface area (Å²) in [5.74, 6) is 1.14. The summed E-state index contributed by atoms with van der Waals surface area (Å²) in [5.41, 5.74) is 7.49. The summed E-state index contributed by atoms with van der Waals surface area (Å²) in [6.45, 7) is 1.91. The van der Waals surface area contributed by atoms with Crippen LogP contribution in [0.2, 0.25) is 5.02 Å².